The molecule has 0 amide bonds. The minimum Gasteiger partial charge on any atom is -0.354 e. The molecule has 112 valence electrons. The van der Waals surface area contributed by atoms with Crippen LogP contribution in [0.25, 0.3) is 33.3 Å². The first kappa shape index (κ1) is 14.3. The van der Waals surface area contributed by atoms with E-state index in [0.717, 1.165) is 15.7 Å². The molecule has 0 aliphatic carbocycles. The summed E-state index contributed by atoms with van der Waals surface area (Å²) in [7, 11) is 0. The third-order valence-corrected chi connectivity index (χ3v) is 4.85. The molecule has 23 heavy (non-hydrogen) atoms. The molecule has 0 bridgehead atoms. The Kier molecular flexibility index (Phi) is 3.55. The number of H-pyrrole nitrogens is 1. The van der Waals surface area contributed by atoms with Gasteiger partial charge in [0.2, 0.25) is 0 Å². The first-order valence-electron chi connectivity index (χ1n) is 7.67. The Morgan fingerprint density at radius 2 is 1.61 bits per heavy atom. The van der Waals surface area contributed by atoms with E-state index in [-0.39, 0.29) is 0 Å². The Hall–Kier alpha value is -2.32. The highest BCUT2D eigenvalue weighted by molar-refractivity contribution is 9.10. The second-order valence-corrected chi connectivity index (χ2v) is 6.62. The Bertz CT molecular complexity index is 998. The summed E-state index contributed by atoms with van der Waals surface area (Å²) in [5.74, 6) is 0. The van der Waals surface area contributed by atoms with E-state index >= 15 is 0 Å². The fraction of sp³-hybridized carbons (Fsp3) is 0.0476. The number of aromatic amines is 1. The predicted octanol–water partition coefficient (Wildman–Crippen LogP) is 6.57. The summed E-state index contributed by atoms with van der Waals surface area (Å²) in [5.41, 5.74) is 7.27. The number of aromatic nitrogens is 1. The number of para-hydroxylation sites is 1. The van der Waals surface area contributed by atoms with E-state index in [9.17, 15) is 0 Å². The van der Waals surface area contributed by atoms with Gasteiger partial charge in [0.25, 0.3) is 0 Å². The maximum atomic E-state index is 3.69. The van der Waals surface area contributed by atoms with Gasteiger partial charge in [0.1, 0.15) is 0 Å². The van der Waals surface area contributed by atoms with Gasteiger partial charge in [-0.05, 0) is 24.6 Å². The van der Waals surface area contributed by atoms with Gasteiger partial charge in [0, 0.05) is 26.5 Å². The average Bonchev–Trinajstić information content (AvgIpc) is 2.94. The maximum Gasteiger partial charge on any atom is 0.0555 e. The van der Waals surface area contributed by atoms with Crippen molar-refractivity contribution in [3.8, 4) is 22.4 Å². The molecule has 0 spiro atoms. The summed E-state index contributed by atoms with van der Waals surface area (Å²) in [6, 6.07) is 25.5. The van der Waals surface area contributed by atoms with Crippen LogP contribution < -0.4 is 0 Å². The van der Waals surface area contributed by atoms with Crippen LogP contribution in [0.4, 0.5) is 0 Å². The van der Waals surface area contributed by atoms with Crippen LogP contribution in [0.15, 0.2) is 77.3 Å². The lowest BCUT2D eigenvalue weighted by Crippen LogP contribution is -1.85. The Balaban J connectivity index is 2.09. The Labute approximate surface area is 144 Å². The molecule has 1 nitrogen and oxygen atoms in total. The number of nitrogens with one attached hydrogen (secondary N) is 1. The molecule has 0 fully saturated rings. The number of halogens is 1. The smallest absolute Gasteiger partial charge is 0.0555 e. The van der Waals surface area contributed by atoms with E-state index in [1.54, 1.807) is 0 Å². The monoisotopic (exact) mass is 361 g/mol. The lowest BCUT2D eigenvalue weighted by Gasteiger charge is -2.08. The summed E-state index contributed by atoms with van der Waals surface area (Å²) in [6.07, 6.45) is 0. The first-order valence-corrected chi connectivity index (χ1v) is 8.46. The van der Waals surface area contributed by atoms with Gasteiger partial charge in [0.05, 0.1) is 5.69 Å². The zero-order valence-electron chi connectivity index (χ0n) is 12.8. The van der Waals surface area contributed by atoms with Crippen LogP contribution in [0.3, 0.4) is 0 Å². The third-order valence-electron chi connectivity index (χ3n) is 4.16. The molecule has 1 aromatic heterocycles. The minimum atomic E-state index is 1.10. The first-order chi connectivity index (χ1) is 11.2. The molecule has 1 heterocycles. The van der Waals surface area contributed by atoms with Crippen molar-refractivity contribution >= 4 is 26.8 Å². The standard InChI is InChI=1S/C21H16BrN/c1-14-7-6-8-15(13-14)20-17-10-3-5-12-19(17)23-21(20)16-9-2-4-11-18(16)22/h2-13,23H,1H3. The maximum absolute atomic E-state index is 3.69. The second-order valence-electron chi connectivity index (χ2n) is 5.77. The van der Waals surface area contributed by atoms with Gasteiger partial charge in [-0.2, -0.15) is 0 Å². The fourth-order valence-corrected chi connectivity index (χ4v) is 3.59. The van der Waals surface area contributed by atoms with Gasteiger partial charge >= 0.3 is 0 Å². The molecule has 0 aliphatic heterocycles. The summed E-state index contributed by atoms with van der Waals surface area (Å²) >= 11 is 3.69. The third kappa shape index (κ3) is 2.49. The molecule has 0 radical (unpaired) electrons. The summed E-state index contributed by atoms with van der Waals surface area (Å²) < 4.78 is 1.10. The van der Waals surface area contributed by atoms with Gasteiger partial charge in [-0.3, -0.25) is 0 Å². The van der Waals surface area contributed by atoms with E-state index in [0.29, 0.717) is 0 Å². The van der Waals surface area contributed by atoms with Gasteiger partial charge < -0.3 is 4.98 Å². The largest absolute Gasteiger partial charge is 0.354 e. The fourth-order valence-electron chi connectivity index (χ4n) is 3.11. The van der Waals surface area contributed by atoms with Crippen molar-refractivity contribution in [3.63, 3.8) is 0 Å². The molecule has 0 unspecified atom stereocenters. The van der Waals surface area contributed by atoms with Crippen molar-refractivity contribution in [2.75, 3.05) is 0 Å². The molecular weight excluding hydrogens is 346 g/mol. The van der Waals surface area contributed by atoms with E-state index < -0.39 is 0 Å². The van der Waals surface area contributed by atoms with Gasteiger partial charge in [-0.25, -0.2) is 0 Å². The molecule has 1 N–H and O–H groups in total. The van der Waals surface area contributed by atoms with Crippen molar-refractivity contribution < 1.29 is 0 Å². The lowest BCUT2D eigenvalue weighted by atomic mass is 9.97. The molecule has 0 aliphatic rings. The number of fused-ring (bicyclic) bond motifs is 1. The molecule has 4 rings (SSSR count). The van der Waals surface area contributed by atoms with Crippen LogP contribution in [-0.2, 0) is 0 Å². The number of hydrogen-bond donors (Lipinski definition) is 1. The van der Waals surface area contributed by atoms with Gasteiger partial charge in [0.15, 0.2) is 0 Å². The van der Waals surface area contributed by atoms with Crippen molar-refractivity contribution in [2.24, 2.45) is 0 Å². The number of rotatable bonds is 2. The second kappa shape index (κ2) is 5.71. The molecule has 0 saturated carbocycles. The highest BCUT2D eigenvalue weighted by atomic mass is 79.9. The van der Waals surface area contributed by atoms with Crippen LogP contribution in [0.5, 0.6) is 0 Å². The Morgan fingerprint density at radius 3 is 2.43 bits per heavy atom. The van der Waals surface area contributed by atoms with Crippen LogP contribution in [-0.4, -0.2) is 4.98 Å². The molecule has 2 heteroatoms. The van der Waals surface area contributed by atoms with E-state index in [1.165, 1.54) is 27.6 Å². The zero-order chi connectivity index (χ0) is 15.8. The van der Waals surface area contributed by atoms with E-state index in [4.69, 9.17) is 0 Å². The predicted molar refractivity (Wildman–Crippen MR) is 102 cm³/mol. The topological polar surface area (TPSA) is 15.8 Å². The summed E-state index contributed by atoms with van der Waals surface area (Å²) in [4.78, 5) is 3.61. The number of hydrogen-bond acceptors (Lipinski definition) is 0. The SMILES string of the molecule is Cc1cccc(-c2c(-c3ccccc3Br)[nH]c3ccccc23)c1. The minimum absolute atomic E-state index is 1.10. The van der Waals surface area contributed by atoms with Crippen molar-refractivity contribution in [2.45, 2.75) is 6.92 Å². The van der Waals surface area contributed by atoms with Gasteiger partial charge in [-0.1, -0.05) is 82.2 Å². The highest BCUT2D eigenvalue weighted by Gasteiger charge is 2.16. The van der Waals surface area contributed by atoms with Gasteiger partial charge in [-0.15, -0.1) is 0 Å². The number of benzene rings is 3. The Morgan fingerprint density at radius 1 is 0.826 bits per heavy atom. The highest BCUT2D eigenvalue weighted by Crippen LogP contribution is 2.40. The summed E-state index contributed by atoms with van der Waals surface area (Å²) in [5, 5.41) is 1.25. The van der Waals surface area contributed by atoms with E-state index in [1.807, 2.05) is 6.07 Å². The molecule has 4 aromatic rings. The molecule has 3 aromatic carbocycles. The van der Waals surface area contributed by atoms with Crippen LogP contribution in [0.1, 0.15) is 5.56 Å². The van der Waals surface area contributed by atoms with Crippen molar-refractivity contribution in [3.05, 3.63) is 82.8 Å². The average molecular weight is 362 g/mol. The molecular formula is C21H16BrN. The zero-order valence-corrected chi connectivity index (χ0v) is 14.4. The van der Waals surface area contributed by atoms with E-state index in [2.05, 4.69) is 94.6 Å². The van der Waals surface area contributed by atoms with Crippen LogP contribution in [0.2, 0.25) is 0 Å². The summed E-state index contributed by atoms with van der Waals surface area (Å²) in [6.45, 7) is 2.14. The lowest BCUT2D eigenvalue weighted by molar-refractivity contribution is 1.43. The quantitative estimate of drug-likeness (QED) is 0.415. The number of aryl methyl sites for hydroxylation is 1. The normalized spacial score (nSPS) is 11.0. The van der Waals surface area contributed by atoms with Crippen molar-refractivity contribution in [1.29, 1.82) is 0 Å². The molecule has 0 atom stereocenters. The molecule has 0 saturated heterocycles. The van der Waals surface area contributed by atoms with Crippen LogP contribution >= 0.6 is 15.9 Å². The van der Waals surface area contributed by atoms with Crippen molar-refractivity contribution in [1.82, 2.24) is 4.98 Å². The van der Waals surface area contributed by atoms with Crippen LogP contribution in [0, 0.1) is 6.92 Å².